The topological polar surface area (TPSA) is 79.3 Å². The smallest absolute Gasteiger partial charge is 0.411 e. The number of nitrogens with zero attached hydrogens (tertiary/aromatic N) is 2. The van der Waals surface area contributed by atoms with Crippen LogP contribution in [-0.2, 0) is 19.6 Å². The standard InChI is InChI=1S/C30H44N2O5Si/c1-22-26(34)32(20-19-31(22)27(35)36-28(2,3)4)25(18-21-33)30(37-38-29(5,6)7,23-14-10-8-11-15-23)24-16-12-9-13-17-24/h8-17,22,25,33H,18-21,38H2,1-7H3/t22-,25-/m0/s1. The first-order valence-electron chi connectivity index (χ1n) is 13.5. The second kappa shape index (κ2) is 12.0. The Morgan fingerprint density at radius 1 is 0.974 bits per heavy atom. The molecular weight excluding hydrogens is 496 g/mol. The second-order valence-electron chi connectivity index (χ2n) is 12.2. The molecule has 0 saturated carbocycles. The highest BCUT2D eigenvalue weighted by Gasteiger charge is 2.50. The Kier molecular flexibility index (Phi) is 9.44. The van der Waals surface area contributed by atoms with Gasteiger partial charge in [0.15, 0.2) is 9.76 Å². The Morgan fingerprint density at radius 2 is 1.50 bits per heavy atom. The fraction of sp³-hybridized carbons (Fsp3) is 0.533. The summed E-state index contributed by atoms with van der Waals surface area (Å²) in [7, 11) is -1.11. The number of benzene rings is 2. The third-order valence-electron chi connectivity index (χ3n) is 6.70. The minimum absolute atomic E-state index is 0.00864. The lowest BCUT2D eigenvalue weighted by molar-refractivity contribution is -0.149. The number of aliphatic hydroxyl groups is 1. The normalized spacial score (nSPS) is 18.2. The Morgan fingerprint density at radius 3 is 1.95 bits per heavy atom. The van der Waals surface area contributed by atoms with Crippen molar-refractivity contribution >= 4 is 21.8 Å². The molecule has 1 N–H and O–H groups in total. The largest absolute Gasteiger partial charge is 0.444 e. The second-order valence-corrected chi connectivity index (χ2v) is 14.9. The minimum Gasteiger partial charge on any atom is -0.444 e. The zero-order valence-corrected chi connectivity index (χ0v) is 25.4. The van der Waals surface area contributed by atoms with Crippen LogP contribution in [-0.4, -0.2) is 74.1 Å². The summed E-state index contributed by atoms with van der Waals surface area (Å²) in [6, 6.07) is 18.8. The molecular formula is C30H44N2O5Si. The predicted molar refractivity (Wildman–Crippen MR) is 153 cm³/mol. The number of piperazine rings is 1. The lowest BCUT2D eigenvalue weighted by Crippen LogP contribution is -2.65. The van der Waals surface area contributed by atoms with Gasteiger partial charge in [-0.05, 0) is 50.3 Å². The van der Waals surface area contributed by atoms with Crippen LogP contribution in [0.3, 0.4) is 0 Å². The molecule has 0 unspecified atom stereocenters. The number of hydrogen-bond donors (Lipinski definition) is 1. The maximum atomic E-state index is 14.0. The monoisotopic (exact) mass is 540 g/mol. The van der Waals surface area contributed by atoms with Crippen molar-refractivity contribution in [3.8, 4) is 0 Å². The molecule has 3 rings (SSSR count). The van der Waals surface area contributed by atoms with E-state index in [2.05, 4.69) is 20.8 Å². The van der Waals surface area contributed by atoms with Gasteiger partial charge < -0.3 is 19.2 Å². The molecule has 0 aromatic heterocycles. The fourth-order valence-electron chi connectivity index (χ4n) is 4.99. The van der Waals surface area contributed by atoms with Gasteiger partial charge in [0.25, 0.3) is 0 Å². The van der Waals surface area contributed by atoms with Gasteiger partial charge in [0.05, 0.1) is 6.04 Å². The van der Waals surface area contributed by atoms with Crippen LogP contribution in [0.2, 0.25) is 5.04 Å². The highest BCUT2D eigenvalue weighted by Crippen LogP contribution is 2.43. The number of hydrogen-bond acceptors (Lipinski definition) is 5. The first kappa shape index (κ1) is 29.9. The molecule has 2 atom stereocenters. The van der Waals surface area contributed by atoms with Crippen LogP contribution in [0.1, 0.15) is 66.0 Å². The van der Waals surface area contributed by atoms with E-state index >= 15 is 0 Å². The number of carbonyl (C=O) groups is 2. The zero-order valence-electron chi connectivity index (χ0n) is 23.9. The Labute approximate surface area is 230 Å². The number of rotatable bonds is 8. The van der Waals surface area contributed by atoms with Crippen molar-refractivity contribution in [2.45, 2.75) is 83.2 Å². The molecule has 208 valence electrons. The molecule has 1 aliphatic rings. The van der Waals surface area contributed by atoms with Crippen LogP contribution in [0, 0.1) is 0 Å². The third kappa shape index (κ3) is 6.84. The summed E-state index contributed by atoms with van der Waals surface area (Å²) in [5.41, 5.74) is 0.249. The van der Waals surface area contributed by atoms with E-state index in [4.69, 9.17) is 9.16 Å². The van der Waals surface area contributed by atoms with Crippen molar-refractivity contribution in [3.05, 3.63) is 71.8 Å². The molecule has 1 fully saturated rings. The van der Waals surface area contributed by atoms with E-state index in [1.165, 1.54) is 4.90 Å². The molecule has 0 bridgehead atoms. The molecule has 1 heterocycles. The lowest BCUT2D eigenvalue weighted by Gasteiger charge is -2.51. The molecule has 2 amide bonds. The van der Waals surface area contributed by atoms with Gasteiger partial charge >= 0.3 is 6.09 Å². The highest BCUT2D eigenvalue weighted by atomic mass is 28.2. The van der Waals surface area contributed by atoms with Gasteiger partial charge in [-0.25, -0.2) is 4.79 Å². The van der Waals surface area contributed by atoms with Crippen molar-refractivity contribution in [2.24, 2.45) is 0 Å². The van der Waals surface area contributed by atoms with Crippen molar-refractivity contribution in [2.75, 3.05) is 19.7 Å². The van der Waals surface area contributed by atoms with Crippen LogP contribution >= 0.6 is 0 Å². The van der Waals surface area contributed by atoms with Crippen molar-refractivity contribution < 1.29 is 23.9 Å². The van der Waals surface area contributed by atoms with E-state index in [1.54, 1.807) is 6.92 Å². The van der Waals surface area contributed by atoms with Crippen LogP contribution in [0.4, 0.5) is 4.79 Å². The Balaban J connectivity index is 2.12. The molecule has 0 spiro atoms. The lowest BCUT2D eigenvalue weighted by atomic mass is 9.77. The van der Waals surface area contributed by atoms with Crippen molar-refractivity contribution in [1.82, 2.24) is 9.80 Å². The quantitative estimate of drug-likeness (QED) is 0.500. The van der Waals surface area contributed by atoms with Crippen LogP contribution in [0.5, 0.6) is 0 Å². The third-order valence-corrected chi connectivity index (χ3v) is 8.17. The molecule has 1 saturated heterocycles. The highest BCUT2D eigenvalue weighted by molar-refractivity contribution is 6.32. The van der Waals surface area contributed by atoms with Gasteiger partial charge in [0, 0.05) is 19.7 Å². The van der Waals surface area contributed by atoms with Gasteiger partial charge in [-0.1, -0.05) is 81.4 Å². The molecule has 2 aromatic carbocycles. The molecule has 8 heteroatoms. The van der Waals surface area contributed by atoms with E-state index < -0.39 is 39.1 Å². The summed E-state index contributed by atoms with van der Waals surface area (Å²) in [4.78, 5) is 30.2. The fourth-order valence-corrected chi connectivity index (χ4v) is 6.18. The number of aliphatic hydroxyl groups excluding tert-OH is 1. The van der Waals surface area contributed by atoms with Gasteiger partial charge in [0.1, 0.15) is 17.2 Å². The van der Waals surface area contributed by atoms with Crippen molar-refractivity contribution in [3.63, 3.8) is 0 Å². The van der Waals surface area contributed by atoms with Gasteiger partial charge in [0.2, 0.25) is 5.91 Å². The van der Waals surface area contributed by atoms with E-state index in [-0.39, 0.29) is 17.6 Å². The summed E-state index contributed by atoms with van der Waals surface area (Å²) < 4.78 is 12.7. The number of carbonyl (C=O) groups excluding carboxylic acids is 2. The zero-order chi connectivity index (χ0) is 28.1. The predicted octanol–water partition coefficient (Wildman–Crippen LogP) is 4.47. The average molecular weight is 541 g/mol. The summed E-state index contributed by atoms with van der Waals surface area (Å²) in [5.74, 6) is -0.183. The first-order valence-corrected chi connectivity index (χ1v) is 14.7. The summed E-state index contributed by atoms with van der Waals surface area (Å²) in [5, 5.41) is 10.3. The molecule has 0 aliphatic carbocycles. The maximum absolute atomic E-state index is 14.0. The van der Waals surface area contributed by atoms with Crippen LogP contribution in [0.25, 0.3) is 0 Å². The van der Waals surface area contributed by atoms with Crippen LogP contribution < -0.4 is 0 Å². The van der Waals surface area contributed by atoms with E-state index in [1.807, 2.05) is 86.3 Å². The van der Waals surface area contributed by atoms with Crippen molar-refractivity contribution in [1.29, 1.82) is 0 Å². The maximum Gasteiger partial charge on any atom is 0.411 e. The van der Waals surface area contributed by atoms with E-state index in [0.717, 1.165) is 11.1 Å². The average Bonchev–Trinajstić information content (AvgIpc) is 2.85. The summed E-state index contributed by atoms with van der Waals surface area (Å²) >= 11 is 0. The molecule has 2 aromatic rings. The number of amides is 2. The Hall–Kier alpha value is -2.68. The van der Waals surface area contributed by atoms with Gasteiger partial charge in [-0.2, -0.15) is 0 Å². The first-order chi connectivity index (χ1) is 17.8. The minimum atomic E-state index is -1.11. The molecule has 0 radical (unpaired) electrons. The van der Waals surface area contributed by atoms with Gasteiger partial charge in [-0.3, -0.25) is 9.69 Å². The number of ether oxygens (including phenoxy) is 1. The molecule has 1 aliphatic heterocycles. The summed E-state index contributed by atoms with van der Waals surface area (Å²) in [6.07, 6.45) is -0.168. The van der Waals surface area contributed by atoms with E-state index in [9.17, 15) is 14.7 Å². The summed E-state index contributed by atoms with van der Waals surface area (Å²) in [6.45, 7) is 14.2. The Bertz CT molecular complexity index is 1030. The van der Waals surface area contributed by atoms with E-state index in [0.29, 0.717) is 19.5 Å². The van der Waals surface area contributed by atoms with Gasteiger partial charge in [-0.15, -0.1) is 0 Å². The van der Waals surface area contributed by atoms with Crippen LogP contribution in [0.15, 0.2) is 60.7 Å². The molecule has 38 heavy (non-hydrogen) atoms. The SMILES string of the molecule is C[C@H]1C(=O)N([C@@H](CCO)C(O[SiH2]C(C)(C)C)(c2ccccc2)c2ccccc2)CCN1C(=O)OC(C)(C)C. The molecule has 7 nitrogen and oxygen atoms in total.